The molecule has 1 aromatic rings. The minimum absolute atomic E-state index is 0.137. The van der Waals surface area contributed by atoms with Gasteiger partial charge in [0.15, 0.2) is 0 Å². The van der Waals surface area contributed by atoms with Gasteiger partial charge in [0.2, 0.25) is 0 Å². The number of carbonyl (C=O) groups excluding carboxylic acids is 1. The van der Waals surface area contributed by atoms with Gasteiger partial charge in [0.25, 0.3) is 0 Å². The molecule has 1 N–H and O–H groups in total. The zero-order chi connectivity index (χ0) is 15.6. The van der Waals surface area contributed by atoms with E-state index in [0.29, 0.717) is 17.0 Å². The summed E-state index contributed by atoms with van der Waals surface area (Å²) in [5.74, 6) is 0.701. The maximum Gasteiger partial charge on any atom is 0.410 e. The van der Waals surface area contributed by atoms with E-state index in [1.807, 2.05) is 27.7 Å². The number of hydrogen-bond donors (Lipinski definition) is 1. The molecule has 0 aliphatic carbocycles. The summed E-state index contributed by atoms with van der Waals surface area (Å²) in [4.78, 5) is 22.3. The van der Waals surface area contributed by atoms with E-state index in [0.717, 1.165) is 6.42 Å². The number of nitrogens with one attached hydrogen (secondary N) is 1. The monoisotopic (exact) mass is 356 g/mol. The largest absolute Gasteiger partial charge is 0.444 e. The van der Waals surface area contributed by atoms with Crippen LogP contribution < -0.4 is 5.32 Å². The Labute approximate surface area is 133 Å². The molecule has 1 amide bonds. The van der Waals surface area contributed by atoms with Gasteiger partial charge in [-0.3, -0.25) is 4.98 Å². The maximum absolute atomic E-state index is 12.2. The molecule has 116 valence electrons. The smallest absolute Gasteiger partial charge is 0.410 e. The molecule has 7 heteroatoms. The molecule has 2 unspecified atom stereocenters. The Hall–Kier alpha value is -1.37. The minimum atomic E-state index is -0.474. The van der Waals surface area contributed by atoms with Crippen LogP contribution in [0, 0.1) is 0 Å². The van der Waals surface area contributed by atoms with E-state index in [1.165, 1.54) is 0 Å². The predicted molar refractivity (Wildman–Crippen MR) is 84.2 cm³/mol. The van der Waals surface area contributed by atoms with Crippen LogP contribution in [-0.4, -0.2) is 45.2 Å². The van der Waals surface area contributed by atoms with Crippen molar-refractivity contribution in [1.29, 1.82) is 0 Å². The van der Waals surface area contributed by atoms with E-state index in [9.17, 15) is 4.79 Å². The standard InChI is InChI=1S/C14H21BrN4O2/c1-9-5-10(17-12-7-16-6-11(15)18-12)8-19(9)13(20)21-14(2,3)4/h6-7,9-10H,5,8H2,1-4H3,(H,17,18). The van der Waals surface area contributed by atoms with E-state index in [4.69, 9.17) is 4.74 Å². The van der Waals surface area contributed by atoms with Crippen LogP contribution in [0.5, 0.6) is 0 Å². The summed E-state index contributed by atoms with van der Waals surface area (Å²) in [6.45, 7) is 8.25. The predicted octanol–water partition coefficient (Wildman–Crippen LogP) is 3.05. The zero-order valence-electron chi connectivity index (χ0n) is 12.8. The molecular formula is C14H21BrN4O2. The second-order valence-corrected chi connectivity index (χ2v) is 7.10. The summed E-state index contributed by atoms with van der Waals surface area (Å²) in [5, 5.41) is 3.31. The summed E-state index contributed by atoms with van der Waals surface area (Å²) < 4.78 is 6.12. The van der Waals surface area contributed by atoms with Gasteiger partial charge in [-0.1, -0.05) is 0 Å². The molecule has 6 nitrogen and oxygen atoms in total. The second-order valence-electron chi connectivity index (χ2n) is 6.29. The Morgan fingerprint density at radius 2 is 2.19 bits per heavy atom. The Bertz CT molecular complexity index is 518. The van der Waals surface area contributed by atoms with Gasteiger partial charge in [0.1, 0.15) is 16.0 Å². The number of amides is 1. The minimum Gasteiger partial charge on any atom is -0.444 e. The maximum atomic E-state index is 12.2. The first kappa shape index (κ1) is 16.0. The molecule has 0 saturated carbocycles. The van der Waals surface area contributed by atoms with Gasteiger partial charge in [-0.2, -0.15) is 0 Å². The van der Waals surface area contributed by atoms with Gasteiger partial charge in [-0.15, -0.1) is 0 Å². The van der Waals surface area contributed by atoms with Crippen molar-refractivity contribution in [3.05, 3.63) is 17.0 Å². The van der Waals surface area contributed by atoms with E-state index < -0.39 is 5.60 Å². The number of carbonyl (C=O) groups is 1. The molecule has 2 rings (SSSR count). The lowest BCUT2D eigenvalue weighted by atomic mass is 10.2. The number of likely N-dealkylation sites (tertiary alicyclic amines) is 1. The van der Waals surface area contributed by atoms with Crippen LogP contribution in [0.15, 0.2) is 17.0 Å². The van der Waals surface area contributed by atoms with Crippen molar-refractivity contribution in [1.82, 2.24) is 14.9 Å². The fraction of sp³-hybridized carbons (Fsp3) is 0.643. The summed E-state index contributed by atoms with van der Waals surface area (Å²) in [5.41, 5.74) is -0.474. The van der Waals surface area contributed by atoms with Gasteiger partial charge in [-0.25, -0.2) is 9.78 Å². The van der Waals surface area contributed by atoms with Crippen molar-refractivity contribution in [2.45, 2.75) is 51.8 Å². The van der Waals surface area contributed by atoms with Crippen LogP contribution in [-0.2, 0) is 4.74 Å². The third-order valence-corrected chi connectivity index (χ3v) is 3.54. The number of halogens is 1. The van der Waals surface area contributed by atoms with E-state index >= 15 is 0 Å². The molecule has 1 aromatic heterocycles. The molecule has 0 aromatic carbocycles. The molecule has 0 bridgehead atoms. The summed E-state index contributed by atoms with van der Waals surface area (Å²) in [7, 11) is 0. The number of anilines is 1. The Kier molecular flexibility index (Phi) is 4.70. The Morgan fingerprint density at radius 1 is 1.48 bits per heavy atom. The van der Waals surface area contributed by atoms with Crippen molar-refractivity contribution >= 4 is 27.8 Å². The molecule has 2 atom stereocenters. The van der Waals surface area contributed by atoms with Crippen LogP contribution in [0.1, 0.15) is 34.1 Å². The zero-order valence-corrected chi connectivity index (χ0v) is 14.3. The molecule has 1 aliphatic heterocycles. The van der Waals surface area contributed by atoms with E-state index in [2.05, 4.69) is 31.2 Å². The number of ether oxygens (including phenoxy) is 1. The number of hydrogen-bond acceptors (Lipinski definition) is 5. The van der Waals surface area contributed by atoms with Gasteiger partial charge in [0, 0.05) is 18.6 Å². The van der Waals surface area contributed by atoms with Gasteiger partial charge < -0.3 is 15.0 Å². The van der Waals surface area contributed by atoms with Gasteiger partial charge in [0.05, 0.1) is 12.4 Å². The van der Waals surface area contributed by atoms with E-state index in [1.54, 1.807) is 17.3 Å². The lowest BCUT2D eigenvalue weighted by Crippen LogP contribution is -2.39. The van der Waals surface area contributed by atoms with Crippen molar-refractivity contribution in [3.63, 3.8) is 0 Å². The Balaban J connectivity index is 1.96. The molecule has 1 saturated heterocycles. The fourth-order valence-corrected chi connectivity index (χ4v) is 2.64. The van der Waals surface area contributed by atoms with Crippen LogP contribution in [0.25, 0.3) is 0 Å². The number of aromatic nitrogens is 2. The van der Waals surface area contributed by atoms with Crippen molar-refractivity contribution in [2.75, 3.05) is 11.9 Å². The first-order chi connectivity index (χ1) is 9.74. The van der Waals surface area contributed by atoms with Crippen LogP contribution >= 0.6 is 15.9 Å². The first-order valence-electron chi connectivity index (χ1n) is 6.98. The third kappa shape index (κ3) is 4.56. The quantitative estimate of drug-likeness (QED) is 0.881. The molecule has 0 spiro atoms. The molecule has 1 aliphatic rings. The lowest BCUT2D eigenvalue weighted by molar-refractivity contribution is 0.0238. The average molecular weight is 357 g/mol. The highest BCUT2D eigenvalue weighted by Gasteiger charge is 2.35. The SMILES string of the molecule is CC1CC(Nc2cncc(Br)n2)CN1C(=O)OC(C)(C)C. The fourth-order valence-electron chi connectivity index (χ4n) is 2.33. The number of nitrogens with zero attached hydrogens (tertiary/aromatic N) is 3. The average Bonchev–Trinajstić information content (AvgIpc) is 2.68. The first-order valence-corrected chi connectivity index (χ1v) is 7.77. The molecular weight excluding hydrogens is 336 g/mol. The lowest BCUT2D eigenvalue weighted by Gasteiger charge is -2.26. The van der Waals surface area contributed by atoms with Crippen molar-refractivity contribution in [2.24, 2.45) is 0 Å². The molecule has 21 heavy (non-hydrogen) atoms. The second kappa shape index (κ2) is 6.17. The number of rotatable bonds is 2. The molecule has 2 heterocycles. The van der Waals surface area contributed by atoms with Gasteiger partial charge in [-0.05, 0) is 50.0 Å². The normalized spacial score (nSPS) is 22.2. The topological polar surface area (TPSA) is 67.4 Å². The van der Waals surface area contributed by atoms with E-state index in [-0.39, 0.29) is 18.2 Å². The summed E-state index contributed by atoms with van der Waals surface area (Å²) in [6.07, 6.45) is 3.90. The van der Waals surface area contributed by atoms with Crippen LogP contribution in [0.2, 0.25) is 0 Å². The highest BCUT2D eigenvalue weighted by molar-refractivity contribution is 9.10. The van der Waals surface area contributed by atoms with Crippen molar-refractivity contribution in [3.8, 4) is 0 Å². The highest BCUT2D eigenvalue weighted by atomic mass is 79.9. The highest BCUT2D eigenvalue weighted by Crippen LogP contribution is 2.23. The summed E-state index contributed by atoms with van der Waals surface area (Å²) >= 11 is 3.29. The van der Waals surface area contributed by atoms with Gasteiger partial charge >= 0.3 is 6.09 Å². The van der Waals surface area contributed by atoms with Crippen LogP contribution in [0.4, 0.5) is 10.6 Å². The molecule has 0 radical (unpaired) electrons. The third-order valence-electron chi connectivity index (χ3n) is 3.16. The summed E-state index contributed by atoms with van der Waals surface area (Å²) in [6, 6.07) is 0.286. The van der Waals surface area contributed by atoms with Crippen molar-refractivity contribution < 1.29 is 9.53 Å². The van der Waals surface area contributed by atoms with Crippen LogP contribution in [0.3, 0.4) is 0 Å². The Morgan fingerprint density at radius 3 is 2.81 bits per heavy atom. The molecule has 1 fully saturated rings.